The highest BCUT2D eigenvalue weighted by molar-refractivity contribution is 7.80. The third kappa shape index (κ3) is 4.46. The second-order valence-electron chi connectivity index (χ2n) is 4.62. The third-order valence-corrected chi connectivity index (χ3v) is 3.09. The quantitative estimate of drug-likeness (QED) is 0.460. The molecule has 0 aromatic heterocycles. The lowest BCUT2D eigenvalue weighted by Gasteiger charge is -2.07. The lowest BCUT2D eigenvalue weighted by Crippen LogP contribution is -2.23. The van der Waals surface area contributed by atoms with Crippen LogP contribution >= 0.6 is 12.2 Å². The van der Waals surface area contributed by atoms with Crippen LogP contribution in [0.15, 0.2) is 47.6 Å². The molecule has 2 aromatic rings. The molecule has 6 heteroatoms. The Kier molecular flexibility index (Phi) is 5.32. The fourth-order valence-corrected chi connectivity index (χ4v) is 1.92. The van der Waals surface area contributed by atoms with Crippen LogP contribution in [0.25, 0.3) is 0 Å². The van der Waals surface area contributed by atoms with Gasteiger partial charge in [0.05, 0.1) is 13.3 Å². The number of hydrogen-bond acceptors (Lipinski definition) is 4. The molecule has 0 atom stereocenters. The highest BCUT2D eigenvalue weighted by atomic mass is 32.1. The molecule has 5 nitrogen and oxygen atoms in total. The maximum Gasteiger partial charge on any atom is 0.191 e. The van der Waals surface area contributed by atoms with Crippen molar-refractivity contribution in [3.63, 3.8) is 0 Å². The summed E-state index contributed by atoms with van der Waals surface area (Å²) in [5.41, 5.74) is 5.52. The molecule has 3 N–H and O–H groups in total. The van der Waals surface area contributed by atoms with E-state index in [9.17, 15) is 5.11 Å². The van der Waals surface area contributed by atoms with Gasteiger partial charge in [-0.1, -0.05) is 17.7 Å². The van der Waals surface area contributed by atoms with Crippen molar-refractivity contribution < 1.29 is 9.84 Å². The Bertz CT molecular complexity index is 684. The van der Waals surface area contributed by atoms with Gasteiger partial charge in [-0.3, -0.25) is 5.43 Å². The molecule has 114 valence electrons. The van der Waals surface area contributed by atoms with Crippen LogP contribution in [0.5, 0.6) is 11.5 Å². The van der Waals surface area contributed by atoms with Crippen molar-refractivity contribution in [2.24, 2.45) is 5.10 Å². The van der Waals surface area contributed by atoms with Gasteiger partial charge in [0.1, 0.15) is 0 Å². The average molecular weight is 315 g/mol. The van der Waals surface area contributed by atoms with Gasteiger partial charge >= 0.3 is 0 Å². The molecule has 0 radical (unpaired) electrons. The minimum Gasteiger partial charge on any atom is -0.504 e. The number of hydrogen-bond donors (Lipinski definition) is 3. The molecule has 2 aromatic carbocycles. The molecule has 22 heavy (non-hydrogen) atoms. The van der Waals surface area contributed by atoms with Gasteiger partial charge in [0.15, 0.2) is 16.6 Å². The zero-order valence-corrected chi connectivity index (χ0v) is 13.1. The normalized spacial score (nSPS) is 10.5. The van der Waals surface area contributed by atoms with E-state index in [1.807, 2.05) is 31.2 Å². The van der Waals surface area contributed by atoms with Crippen LogP contribution in [0.2, 0.25) is 0 Å². The molecule has 0 saturated heterocycles. The monoisotopic (exact) mass is 315 g/mol. The minimum atomic E-state index is 0.0619. The van der Waals surface area contributed by atoms with E-state index in [0.717, 1.165) is 11.3 Å². The molecule has 0 aliphatic rings. The van der Waals surface area contributed by atoms with Gasteiger partial charge in [0.25, 0.3) is 0 Å². The minimum absolute atomic E-state index is 0.0619. The molecular formula is C16H17N3O2S. The highest BCUT2D eigenvalue weighted by Gasteiger charge is 2.00. The molecule has 2 rings (SSSR count). The van der Waals surface area contributed by atoms with Crippen LogP contribution in [-0.4, -0.2) is 23.5 Å². The van der Waals surface area contributed by atoms with E-state index in [-0.39, 0.29) is 5.75 Å². The number of phenolic OH excluding ortho intramolecular Hbond substituents is 1. The summed E-state index contributed by atoms with van der Waals surface area (Å²) < 4.78 is 4.98. The van der Waals surface area contributed by atoms with Crippen LogP contribution in [0.3, 0.4) is 0 Å². The second-order valence-corrected chi connectivity index (χ2v) is 5.03. The molecule has 0 aliphatic carbocycles. The van der Waals surface area contributed by atoms with E-state index in [0.29, 0.717) is 10.9 Å². The van der Waals surface area contributed by atoms with Crippen LogP contribution in [0.1, 0.15) is 11.1 Å². The van der Waals surface area contributed by atoms with Gasteiger partial charge < -0.3 is 15.2 Å². The van der Waals surface area contributed by atoms with Gasteiger partial charge in [-0.05, 0) is 55.0 Å². The summed E-state index contributed by atoms with van der Waals surface area (Å²) >= 11 is 5.14. The summed E-state index contributed by atoms with van der Waals surface area (Å²) in [4.78, 5) is 0. The number of aryl methyl sites for hydroxylation is 1. The fourth-order valence-electron chi connectivity index (χ4n) is 1.75. The Morgan fingerprint density at radius 3 is 2.59 bits per heavy atom. The molecule has 0 saturated carbocycles. The molecule has 0 heterocycles. The number of anilines is 1. The van der Waals surface area contributed by atoms with Gasteiger partial charge in [0, 0.05) is 5.69 Å². The summed E-state index contributed by atoms with van der Waals surface area (Å²) in [7, 11) is 1.50. The summed E-state index contributed by atoms with van der Waals surface area (Å²) in [5.74, 6) is 0.480. The van der Waals surface area contributed by atoms with Crippen molar-refractivity contribution in [2.45, 2.75) is 6.92 Å². The number of hydrazone groups is 1. The summed E-state index contributed by atoms with van der Waals surface area (Å²) in [6.45, 7) is 2.02. The Hall–Kier alpha value is -2.60. The third-order valence-electron chi connectivity index (χ3n) is 2.89. The first-order valence-corrected chi connectivity index (χ1v) is 7.03. The topological polar surface area (TPSA) is 65.9 Å². The number of nitrogens with zero attached hydrogens (tertiary/aromatic N) is 1. The van der Waals surface area contributed by atoms with Crippen molar-refractivity contribution in [3.05, 3.63) is 53.6 Å². The first-order chi connectivity index (χ1) is 10.6. The van der Waals surface area contributed by atoms with E-state index in [1.165, 1.54) is 12.7 Å². The molecule has 0 aliphatic heterocycles. The fraction of sp³-hybridized carbons (Fsp3) is 0.125. The SMILES string of the molecule is COc1ccc(/C=N/NC(=S)Nc2ccc(C)cc2)cc1O. The van der Waals surface area contributed by atoms with E-state index in [4.69, 9.17) is 17.0 Å². The molecule has 0 spiro atoms. The van der Waals surface area contributed by atoms with Gasteiger partial charge in [-0.15, -0.1) is 0 Å². The van der Waals surface area contributed by atoms with E-state index in [1.54, 1.807) is 24.4 Å². The standard InChI is InChI=1S/C16H17N3O2S/c1-11-3-6-13(7-4-11)18-16(22)19-17-10-12-5-8-15(21-2)14(20)9-12/h3-10,20H,1-2H3,(H2,18,19,22)/b17-10+. The van der Waals surface area contributed by atoms with Crippen LogP contribution < -0.4 is 15.5 Å². The van der Waals surface area contributed by atoms with Gasteiger partial charge in [-0.2, -0.15) is 5.10 Å². The van der Waals surface area contributed by atoms with E-state index < -0.39 is 0 Å². The predicted octanol–water partition coefficient (Wildman–Crippen LogP) is 3.03. The van der Waals surface area contributed by atoms with Crippen LogP contribution in [-0.2, 0) is 0 Å². The molecule has 0 bridgehead atoms. The van der Waals surface area contributed by atoms with Crippen LogP contribution in [0.4, 0.5) is 5.69 Å². The van der Waals surface area contributed by atoms with Crippen molar-refractivity contribution in [2.75, 3.05) is 12.4 Å². The first kappa shape index (κ1) is 15.8. The number of benzene rings is 2. The summed E-state index contributed by atoms with van der Waals surface area (Å²) in [6, 6.07) is 12.9. The van der Waals surface area contributed by atoms with Crippen molar-refractivity contribution >= 4 is 29.2 Å². The number of rotatable bonds is 4. The number of ether oxygens (including phenoxy) is 1. The molecule has 0 amide bonds. The number of aromatic hydroxyl groups is 1. The first-order valence-electron chi connectivity index (χ1n) is 6.62. The van der Waals surface area contributed by atoms with Crippen molar-refractivity contribution in [1.29, 1.82) is 0 Å². The molecule has 0 unspecified atom stereocenters. The van der Waals surface area contributed by atoms with Crippen molar-refractivity contribution in [3.8, 4) is 11.5 Å². The number of phenols is 1. The largest absolute Gasteiger partial charge is 0.504 e. The maximum atomic E-state index is 9.67. The van der Waals surface area contributed by atoms with E-state index in [2.05, 4.69) is 15.8 Å². The van der Waals surface area contributed by atoms with Crippen LogP contribution in [0, 0.1) is 6.92 Å². The van der Waals surface area contributed by atoms with Gasteiger partial charge in [0.2, 0.25) is 0 Å². The zero-order chi connectivity index (χ0) is 15.9. The Balaban J connectivity index is 1.90. The Morgan fingerprint density at radius 1 is 1.23 bits per heavy atom. The lowest BCUT2D eigenvalue weighted by atomic mass is 10.2. The smallest absolute Gasteiger partial charge is 0.191 e. The summed E-state index contributed by atoms with van der Waals surface area (Å²) in [6.07, 6.45) is 1.56. The lowest BCUT2D eigenvalue weighted by molar-refractivity contribution is 0.373. The molecular weight excluding hydrogens is 298 g/mol. The summed E-state index contributed by atoms with van der Waals surface area (Å²) in [5, 5.41) is 17.1. The van der Waals surface area contributed by atoms with E-state index >= 15 is 0 Å². The van der Waals surface area contributed by atoms with Gasteiger partial charge in [-0.25, -0.2) is 0 Å². The number of nitrogens with one attached hydrogen (secondary N) is 2. The Morgan fingerprint density at radius 2 is 1.95 bits per heavy atom. The molecule has 0 fully saturated rings. The Labute approximate surface area is 134 Å². The second kappa shape index (κ2) is 7.42. The number of thiocarbonyl (C=S) groups is 1. The maximum absolute atomic E-state index is 9.67. The highest BCUT2D eigenvalue weighted by Crippen LogP contribution is 2.25. The number of methoxy groups -OCH3 is 1. The zero-order valence-electron chi connectivity index (χ0n) is 12.3. The predicted molar refractivity (Wildman–Crippen MR) is 92.8 cm³/mol. The van der Waals surface area contributed by atoms with Crippen molar-refractivity contribution in [1.82, 2.24) is 5.43 Å². The average Bonchev–Trinajstić information content (AvgIpc) is 2.50.